The van der Waals surface area contributed by atoms with Crippen molar-refractivity contribution < 1.29 is 5.11 Å². The van der Waals surface area contributed by atoms with Gasteiger partial charge in [-0.2, -0.15) is 0 Å². The summed E-state index contributed by atoms with van der Waals surface area (Å²) in [7, 11) is 0. The van der Waals surface area contributed by atoms with Gasteiger partial charge in [-0.3, -0.25) is 0 Å². The molecule has 0 aromatic carbocycles. The molecule has 14 heavy (non-hydrogen) atoms. The minimum atomic E-state index is 0.257. The summed E-state index contributed by atoms with van der Waals surface area (Å²) in [4.78, 5) is 4.35. The van der Waals surface area contributed by atoms with Gasteiger partial charge < -0.3 is 10.4 Å². The highest BCUT2D eigenvalue weighted by Gasteiger charge is 2.01. The van der Waals surface area contributed by atoms with Gasteiger partial charge in [-0.25, -0.2) is 4.98 Å². The van der Waals surface area contributed by atoms with Crippen molar-refractivity contribution in [1.82, 2.24) is 4.98 Å². The third-order valence-electron chi connectivity index (χ3n) is 2.08. The summed E-state index contributed by atoms with van der Waals surface area (Å²) >= 11 is 0. The predicted molar refractivity (Wildman–Crippen MR) is 58.4 cm³/mol. The van der Waals surface area contributed by atoms with Crippen molar-refractivity contribution in [3.05, 3.63) is 23.9 Å². The average Bonchev–Trinajstić information content (AvgIpc) is 2.15. The van der Waals surface area contributed by atoms with Crippen LogP contribution in [0.1, 0.15) is 25.5 Å². The highest BCUT2D eigenvalue weighted by molar-refractivity contribution is 5.35. The molecule has 0 aliphatic carbocycles. The van der Waals surface area contributed by atoms with Crippen molar-refractivity contribution in [2.75, 3.05) is 11.9 Å². The fourth-order valence-electron chi connectivity index (χ4n) is 1.35. The van der Waals surface area contributed by atoms with Gasteiger partial charge in [0.05, 0.1) is 0 Å². The third kappa shape index (κ3) is 3.75. The molecule has 0 spiro atoms. The fourth-order valence-corrected chi connectivity index (χ4v) is 1.35. The van der Waals surface area contributed by atoms with Crippen LogP contribution in [0, 0.1) is 6.92 Å². The number of hydrogen-bond donors (Lipinski definition) is 2. The van der Waals surface area contributed by atoms with E-state index in [2.05, 4.69) is 17.2 Å². The predicted octanol–water partition coefficient (Wildman–Crippen LogP) is 1.96. The Balaban J connectivity index is 2.43. The summed E-state index contributed by atoms with van der Waals surface area (Å²) in [6, 6.07) is 6.28. The molecule has 1 aromatic heterocycles. The van der Waals surface area contributed by atoms with Gasteiger partial charge in [0.2, 0.25) is 0 Å². The first-order valence-corrected chi connectivity index (χ1v) is 5.03. The lowest BCUT2D eigenvalue weighted by Crippen LogP contribution is -2.16. The van der Waals surface area contributed by atoms with E-state index in [0.29, 0.717) is 6.04 Å². The van der Waals surface area contributed by atoms with E-state index in [1.807, 2.05) is 25.1 Å². The fraction of sp³-hybridized carbons (Fsp3) is 0.545. The van der Waals surface area contributed by atoms with E-state index in [4.69, 9.17) is 5.11 Å². The molecular weight excluding hydrogens is 176 g/mol. The first-order valence-electron chi connectivity index (χ1n) is 5.03. The molecule has 0 saturated carbocycles. The summed E-state index contributed by atoms with van der Waals surface area (Å²) in [5.41, 5.74) is 1.02. The van der Waals surface area contributed by atoms with Crippen LogP contribution in [0.15, 0.2) is 18.2 Å². The summed E-state index contributed by atoms with van der Waals surface area (Å²) in [5, 5.41) is 12.0. The molecule has 78 valence electrons. The summed E-state index contributed by atoms with van der Waals surface area (Å²) in [6.45, 7) is 4.33. The molecule has 0 radical (unpaired) electrons. The van der Waals surface area contributed by atoms with E-state index in [9.17, 15) is 0 Å². The van der Waals surface area contributed by atoms with E-state index in [0.717, 1.165) is 24.4 Å². The van der Waals surface area contributed by atoms with E-state index >= 15 is 0 Å². The molecule has 0 saturated heterocycles. The van der Waals surface area contributed by atoms with E-state index in [-0.39, 0.29) is 6.61 Å². The Kier molecular flexibility index (Phi) is 4.40. The molecule has 1 unspecified atom stereocenters. The number of rotatable bonds is 5. The normalized spacial score (nSPS) is 12.5. The summed E-state index contributed by atoms with van der Waals surface area (Å²) in [6.07, 6.45) is 1.80. The van der Waals surface area contributed by atoms with Crippen LogP contribution >= 0.6 is 0 Å². The largest absolute Gasteiger partial charge is 0.396 e. The van der Waals surface area contributed by atoms with Crippen LogP contribution in [0.3, 0.4) is 0 Å². The van der Waals surface area contributed by atoms with Gasteiger partial charge >= 0.3 is 0 Å². The van der Waals surface area contributed by atoms with Crippen molar-refractivity contribution in [2.45, 2.75) is 32.7 Å². The number of aromatic nitrogens is 1. The quantitative estimate of drug-likeness (QED) is 0.753. The summed E-state index contributed by atoms with van der Waals surface area (Å²) in [5.74, 6) is 0.912. The van der Waals surface area contributed by atoms with Crippen molar-refractivity contribution in [2.24, 2.45) is 0 Å². The molecule has 1 rings (SSSR count). The second-order valence-corrected chi connectivity index (χ2v) is 3.58. The number of aryl methyl sites for hydroxylation is 1. The maximum absolute atomic E-state index is 8.68. The zero-order valence-electron chi connectivity index (χ0n) is 8.83. The molecule has 1 atom stereocenters. The topological polar surface area (TPSA) is 45.1 Å². The van der Waals surface area contributed by atoms with E-state index in [1.54, 1.807) is 0 Å². The molecule has 1 heterocycles. The third-order valence-corrected chi connectivity index (χ3v) is 2.08. The zero-order chi connectivity index (χ0) is 10.4. The average molecular weight is 194 g/mol. The van der Waals surface area contributed by atoms with Gasteiger partial charge in [-0.15, -0.1) is 0 Å². The van der Waals surface area contributed by atoms with Gasteiger partial charge in [0.15, 0.2) is 0 Å². The van der Waals surface area contributed by atoms with Crippen LogP contribution in [0.5, 0.6) is 0 Å². The molecular formula is C11H18N2O. The summed E-state index contributed by atoms with van der Waals surface area (Å²) < 4.78 is 0. The number of nitrogens with zero attached hydrogens (tertiary/aromatic N) is 1. The molecule has 0 aliphatic rings. The van der Waals surface area contributed by atoms with Crippen molar-refractivity contribution >= 4 is 5.82 Å². The lowest BCUT2D eigenvalue weighted by Gasteiger charge is -2.13. The molecule has 3 heteroatoms. The second kappa shape index (κ2) is 5.60. The smallest absolute Gasteiger partial charge is 0.126 e. The Hall–Kier alpha value is -1.09. The number of pyridine rings is 1. The van der Waals surface area contributed by atoms with Gasteiger partial charge in [-0.1, -0.05) is 6.07 Å². The Bertz CT molecular complexity index is 276. The van der Waals surface area contributed by atoms with Crippen LogP contribution < -0.4 is 5.32 Å². The van der Waals surface area contributed by atoms with Gasteiger partial charge in [-0.05, 0) is 38.8 Å². The SMILES string of the molecule is Cc1cccc(NC(C)CCCO)n1. The Morgan fingerprint density at radius 2 is 2.29 bits per heavy atom. The molecule has 1 aromatic rings. The van der Waals surface area contributed by atoms with Crippen molar-refractivity contribution in [3.63, 3.8) is 0 Å². The van der Waals surface area contributed by atoms with Crippen LogP contribution in [0.25, 0.3) is 0 Å². The van der Waals surface area contributed by atoms with Gasteiger partial charge in [0, 0.05) is 18.3 Å². The number of aliphatic hydroxyl groups is 1. The molecule has 2 N–H and O–H groups in total. The van der Waals surface area contributed by atoms with Crippen molar-refractivity contribution in [3.8, 4) is 0 Å². The highest BCUT2D eigenvalue weighted by atomic mass is 16.2. The van der Waals surface area contributed by atoms with E-state index in [1.165, 1.54) is 0 Å². The Morgan fingerprint density at radius 1 is 1.50 bits per heavy atom. The molecule has 0 amide bonds. The number of hydrogen-bond acceptors (Lipinski definition) is 3. The first-order chi connectivity index (χ1) is 6.72. The second-order valence-electron chi connectivity index (χ2n) is 3.58. The molecule has 0 bridgehead atoms. The van der Waals surface area contributed by atoms with Crippen molar-refractivity contribution in [1.29, 1.82) is 0 Å². The van der Waals surface area contributed by atoms with Crippen LogP contribution in [-0.4, -0.2) is 22.7 Å². The lowest BCUT2D eigenvalue weighted by molar-refractivity contribution is 0.282. The maximum Gasteiger partial charge on any atom is 0.126 e. The zero-order valence-corrected chi connectivity index (χ0v) is 8.83. The maximum atomic E-state index is 8.68. The van der Waals surface area contributed by atoms with Crippen LogP contribution in [0.4, 0.5) is 5.82 Å². The first kappa shape index (κ1) is 11.0. The Labute approximate surface area is 85.2 Å². The minimum Gasteiger partial charge on any atom is -0.396 e. The molecule has 0 fully saturated rings. The monoisotopic (exact) mass is 194 g/mol. The molecule has 0 aliphatic heterocycles. The van der Waals surface area contributed by atoms with Crippen LogP contribution in [0.2, 0.25) is 0 Å². The van der Waals surface area contributed by atoms with E-state index < -0.39 is 0 Å². The molecule has 3 nitrogen and oxygen atoms in total. The van der Waals surface area contributed by atoms with Gasteiger partial charge in [0.1, 0.15) is 5.82 Å². The Morgan fingerprint density at radius 3 is 2.93 bits per heavy atom. The standard InChI is InChI=1S/C11H18N2O/c1-9-5-3-7-11(12-9)13-10(2)6-4-8-14/h3,5,7,10,14H,4,6,8H2,1-2H3,(H,12,13). The minimum absolute atomic E-state index is 0.257. The number of aliphatic hydroxyl groups excluding tert-OH is 1. The van der Waals surface area contributed by atoms with Crippen LogP contribution in [-0.2, 0) is 0 Å². The number of anilines is 1. The van der Waals surface area contributed by atoms with Gasteiger partial charge in [0.25, 0.3) is 0 Å². The lowest BCUT2D eigenvalue weighted by atomic mass is 10.2. The number of nitrogens with one attached hydrogen (secondary N) is 1. The highest BCUT2D eigenvalue weighted by Crippen LogP contribution is 2.08.